The van der Waals surface area contributed by atoms with Crippen LogP contribution in [0.2, 0.25) is 0 Å². The molecule has 1 aromatic carbocycles. The van der Waals surface area contributed by atoms with E-state index in [2.05, 4.69) is 53.3 Å². The fraction of sp³-hybridized carbons (Fsp3) is 0.562. The number of nitrogens with zero attached hydrogens (tertiary/aromatic N) is 2. The van der Waals surface area contributed by atoms with Gasteiger partial charge in [-0.2, -0.15) is 0 Å². The molecule has 0 radical (unpaired) electrons. The van der Waals surface area contributed by atoms with Crippen molar-refractivity contribution in [3.63, 3.8) is 0 Å². The molecule has 0 saturated carbocycles. The Hall–Kier alpha value is -1.51. The highest BCUT2D eigenvalue weighted by atomic mass is 15.1. The lowest BCUT2D eigenvalue weighted by atomic mass is 10.2. The zero-order valence-corrected chi connectivity index (χ0v) is 12.2. The van der Waals surface area contributed by atoms with E-state index in [0.717, 1.165) is 37.6 Å². The van der Waals surface area contributed by atoms with Crippen LogP contribution in [0, 0.1) is 0 Å². The average molecular weight is 259 g/mol. The molecule has 0 aliphatic carbocycles. The summed E-state index contributed by atoms with van der Waals surface area (Å²) < 4.78 is 0. The van der Waals surface area contributed by atoms with E-state index in [1.54, 1.807) is 0 Å². The summed E-state index contributed by atoms with van der Waals surface area (Å²) in [5.41, 5.74) is 2.44. The zero-order valence-electron chi connectivity index (χ0n) is 12.2. The smallest absolute Gasteiger partial charge is 0.101 e. The van der Waals surface area contributed by atoms with E-state index in [0.29, 0.717) is 0 Å². The second kappa shape index (κ2) is 7.17. The highest BCUT2D eigenvalue weighted by molar-refractivity contribution is 5.95. The molecule has 0 amide bonds. The van der Waals surface area contributed by atoms with Gasteiger partial charge in [0.15, 0.2) is 0 Å². The summed E-state index contributed by atoms with van der Waals surface area (Å²) in [6.45, 7) is 7.46. The lowest BCUT2D eigenvalue weighted by Gasteiger charge is -2.21. The van der Waals surface area contributed by atoms with E-state index in [1.165, 1.54) is 24.9 Å². The van der Waals surface area contributed by atoms with Crippen LogP contribution in [-0.4, -0.2) is 25.5 Å². The van der Waals surface area contributed by atoms with Crippen LogP contribution in [0.25, 0.3) is 0 Å². The quantitative estimate of drug-likeness (QED) is 0.887. The molecule has 0 bridgehead atoms. The lowest BCUT2D eigenvalue weighted by molar-refractivity contribution is 0.731. The van der Waals surface area contributed by atoms with Crippen LogP contribution in [0.4, 0.5) is 11.4 Å². The van der Waals surface area contributed by atoms with Gasteiger partial charge in [0.25, 0.3) is 0 Å². The fourth-order valence-electron chi connectivity index (χ4n) is 2.49. The lowest BCUT2D eigenvalue weighted by Crippen LogP contribution is -2.21. The highest BCUT2D eigenvalue weighted by Gasteiger charge is 2.05. The summed E-state index contributed by atoms with van der Waals surface area (Å²) in [5, 5.41) is 3.45. The Morgan fingerprint density at radius 2 is 1.79 bits per heavy atom. The molecule has 0 fully saturated rings. The Labute approximate surface area is 116 Å². The Balaban J connectivity index is 2.00. The van der Waals surface area contributed by atoms with E-state index in [1.807, 2.05) is 0 Å². The minimum absolute atomic E-state index is 0.972. The van der Waals surface area contributed by atoms with Gasteiger partial charge in [-0.15, -0.1) is 0 Å². The first-order valence-corrected chi connectivity index (χ1v) is 7.49. The molecule has 0 saturated heterocycles. The molecule has 19 heavy (non-hydrogen) atoms. The fourth-order valence-corrected chi connectivity index (χ4v) is 2.49. The monoisotopic (exact) mass is 259 g/mol. The summed E-state index contributed by atoms with van der Waals surface area (Å²) in [7, 11) is 0. The Morgan fingerprint density at radius 3 is 2.47 bits per heavy atom. The number of hydrogen-bond donors (Lipinski definition) is 1. The first kappa shape index (κ1) is 13.9. The number of hydrogen-bond acceptors (Lipinski definition) is 3. The molecule has 1 aliphatic rings. The number of anilines is 2. The minimum Gasteiger partial charge on any atom is -0.372 e. The number of amidine groups is 1. The van der Waals surface area contributed by atoms with Crippen molar-refractivity contribution in [2.24, 2.45) is 4.99 Å². The molecule has 0 unspecified atom stereocenters. The molecule has 0 aromatic heterocycles. The second-order valence-electron chi connectivity index (χ2n) is 4.98. The van der Waals surface area contributed by atoms with Crippen LogP contribution >= 0.6 is 0 Å². The van der Waals surface area contributed by atoms with Gasteiger partial charge in [-0.3, -0.25) is 4.99 Å². The van der Waals surface area contributed by atoms with Gasteiger partial charge in [-0.1, -0.05) is 6.42 Å². The van der Waals surface area contributed by atoms with Crippen molar-refractivity contribution < 1.29 is 0 Å². The molecule has 1 N–H and O–H groups in total. The van der Waals surface area contributed by atoms with E-state index in [4.69, 9.17) is 0 Å². The summed E-state index contributed by atoms with van der Waals surface area (Å²) in [5.74, 6) is 1.15. The molecule has 3 nitrogen and oxygen atoms in total. The molecule has 2 rings (SSSR count). The van der Waals surface area contributed by atoms with Gasteiger partial charge in [0.2, 0.25) is 0 Å². The van der Waals surface area contributed by atoms with Crippen molar-refractivity contribution in [2.45, 2.75) is 39.5 Å². The van der Waals surface area contributed by atoms with Crippen molar-refractivity contribution in [1.29, 1.82) is 0 Å². The standard InChI is InChI=1S/C16H25N3/c1-3-19(4-2)15-11-9-14(10-12-15)18-16-8-6-5-7-13-17-16/h9-12H,3-8,13H2,1-2H3,(H,17,18). The van der Waals surface area contributed by atoms with Crippen molar-refractivity contribution in [3.8, 4) is 0 Å². The van der Waals surface area contributed by atoms with Crippen molar-refractivity contribution in [1.82, 2.24) is 0 Å². The van der Waals surface area contributed by atoms with Gasteiger partial charge in [0.1, 0.15) is 5.84 Å². The number of rotatable bonds is 4. The van der Waals surface area contributed by atoms with Crippen LogP contribution in [0.5, 0.6) is 0 Å². The number of benzene rings is 1. The summed E-state index contributed by atoms with van der Waals surface area (Å²) in [6, 6.07) is 8.68. The van der Waals surface area contributed by atoms with Crippen LogP contribution in [0.3, 0.4) is 0 Å². The third kappa shape index (κ3) is 3.98. The molecular weight excluding hydrogens is 234 g/mol. The maximum absolute atomic E-state index is 4.60. The van der Waals surface area contributed by atoms with Gasteiger partial charge in [-0.05, 0) is 51.0 Å². The molecule has 1 aromatic rings. The SMILES string of the molecule is CCN(CC)c1ccc(NC2=NCCCCC2)cc1. The molecule has 1 aliphatic heterocycles. The maximum atomic E-state index is 4.60. The molecular formula is C16H25N3. The van der Waals surface area contributed by atoms with Crippen molar-refractivity contribution in [2.75, 3.05) is 29.9 Å². The molecule has 3 heteroatoms. The molecule has 1 heterocycles. The molecule has 104 valence electrons. The Morgan fingerprint density at radius 1 is 1.05 bits per heavy atom. The van der Waals surface area contributed by atoms with Gasteiger partial charge in [0, 0.05) is 37.4 Å². The summed E-state index contributed by atoms with van der Waals surface area (Å²) in [4.78, 5) is 6.96. The largest absolute Gasteiger partial charge is 0.372 e. The summed E-state index contributed by atoms with van der Waals surface area (Å²) >= 11 is 0. The van der Waals surface area contributed by atoms with E-state index in [-0.39, 0.29) is 0 Å². The average Bonchev–Trinajstić information content (AvgIpc) is 2.71. The summed E-state index contributed by atoms with van der Waals surface area (Å²) in [6.07, 6.45) is 4.86. The normalized spacial score (nSPS) is 15.6. The predicted octanol–water partition coefficient (Wildman–Crippen LogP) is 3.92. The van der Waals surface area contributed by atoms with Crippen molar-refractivity contribution >= 4 is 17.2 Å². The maximum Gasteiger partial charge on any atom is 0.101 e. The minimum atomic E-state index is 0.972. The Kier molecular flexibility index (Phi) is 5.25. The predicted molar refractivity (Wildman–Crippen MR) is 84.4 cm³/mol. The number of nitrogens with one attached hydrogen (secondary N) is 1. The third-order valence-electron chi connectivity index (χ3n) is 3.66. The van der Waals surface area contributed by atoms with E-state index < -0.39 is 0 Å². The zero-order chi connectivity index (χ0) is 13.5. The van der Waals surface area contributed by atoms with Gasteiger partial charge in [0.05, 0.1) is 0 Å². The second-order valence-corrected chi connectivity index (χ2v) is 4.98. The third-order valence-corrected chi connectivity index (χ3v) is 3.66. The van der Waals surface area contributed by atoms with Gasteiger partial charge < -0.3 is 10.2 Å². The number of aliphatic imine (C=N–C) groups is 1. The van der Waals surface area contributed by atoms with Gasteiger partial charge >= 0.3 is 0 Å². The topological polar surface area (TPSA) is 27.6 Å². The Bertz CT molecular complexity index is 405. The molecule has 0 spiro atoms. The van der Waals surface area contributed by atoms with Crippen LogP contribution in [0.15, 0.2) is 29.3 Å². The van der Waals surface area contributed by atoms with Crippen LogP contribution in [-0.2, 0) is 0 Å². The van der Waals surface area contributed by atoms with E-state index >= 15 is 0 Å². The van der Waals surface area contributed by atoms with Gasteiger partial charge in [-0.25, -0.2) is 0 Å². The highest BCUT2D eigenvalue weighted by Crippen LogP contribution is 2.18. The first-order valence-electron chi connectivity index (χ1n) is 7.49. The molecule has 0 atom stereocenters. The van der Waals surface area contributed by atoms with E-state index in [9.17, 15) is 0 Å². The van der Waals surface area contributed by atoms with Crippen molar-refractivity contribution in [3.05, 3.63) is 24.3 Å². The first-order chi connectivity index (χ1) is 9.33. The van der Waals surface area contributed by atoms with Crippen LogP contribution < -0.4 is 10.2 Å². The van der Waals surface area contributed by atoms with Crippen LogP contribution in [0.1, 0.15) is 39.5 Å².